The molecule has 0 saturated carbocycles. The maximum absolute atomic E-state index is 12.6. The van der Waals surface area contributed by atoms with Crippen molar-refractivity contribution >= 4 is 22.9 Å². The van der Waals surface area contributed by atoms with E-state index in [1.807, 2.05) is 25.3 Å². The van der Waals surface area contributed by atoms with Crippen molar-refractivity contribution in [2.45, 2.75) is 27.2 Å². The quantitative estimate of drug-likeness (QED) is 0.730. The fraction of sp³-hybridized carbons (Fsp3) is 0.286. The topological polar surface area (TPSA) is 67.9 Å². The van der Waals surface area contributed by atoms with Crippen LogP contribution in [0.4, 0.5) is 0 Å². The monoisotopic (exact) mass is 349 g/mol. The maximum atomic E-state index is 12.6. The fourth-order valence-electron chi connectivity index (χ4n) is 3.33. The number of allylic oxidation sites excluding steroid dienone is 1. The van der Waals surface area contributed by atoms with Gasteiger partial charge < -0.3 is 9.72 Å². The van der Waals surface area contributed by atoms with Crippen LogP contribution in [0.2, 0.25) is 0 Å². The van der Waals surface area contributed by atoms with Crippen molar-refractivity contribution in [2.24, 2.45) is 5.41 Å². The molecule has 5 nitrogen and oxygen atoms in total. The lowest BCUT2D eigenvalue weighted by Gasteiger charge is -2.16. The van der Waals surface area contributed by atoms with E-state index in [2.05, 4.69) is 47.0 Å². The van der Waals surface area contributed by atoms with Gasteiger partial charge in [-0.1, -0.05) is 38.1 Å². The van der Waals surface area contributed by atoms with Gasteiger partial charge in [-0.2, -0.15) is 4.98 Å². The van der Waals surface area contributed by atoms with Crippen LogP contribution in [0.25, 0.3) is 28.2 Å². The number of hydrogen-bond acceptors (Lipinski definition) is 4. The van der Waals surface area contributed by atoms with E-state index >= 15 is 0 Å². The summed E-state index contributed by atoms with van der Waals surface area (Å²) in [4.78, 5) is 24.4. The molecule has 0 amide bonds. The third-order valence-corrected chi connectivity index (χ3v) is 4.68. The standard InChI is InChI=1S/C21H21N3O2.H2/c1-4-26-20-23-12-17-16(11-22-19(17)24-20)13-5-6-15-14(9-13)7-8-21(2,3)10-18(15)25;/h5-9,11-12H,4,10H2,1-3H3,(H,22,23,24);1H. The van der Waals surface area contributed by atoms with E-state index in [0.717, 1.165) is 33.3 Å². The molecule has 5 heteroatoms. The van der Waals surface area contributed by atoms with Gasteiger partial charge in [0.05, 0.1) is 6.61 Å². The van der Waals surface area contributed by atoms with E-state index < -0.39 is 0 Å². The number of carbonyl (C=O) groups is 1. The van der Waals surface area contributed by atoms with Gasteiger partial charge in [-0.15, -0.1) is 0 Å². The molecular formula is C21H23N3O2. The first kappa shape index (κ1) is 16.5. The third-order valence-electron chi connectivity index (χ3n) is 4.68. The number of rotatable bonds is 3. The molecule has 3 aromatic rings. The molecule has 1 aliphatic carbocycles. The van der Waals surface area contributed by atoms with Crippen LogP contribution in [-0.2, 0) is 0 Å². The number of H-pyrrole nitrogens is 1. The first-order valence-electron chi connectivity index (χ1n) is 8.80. The lowest BCUT2D eigenvalue weighted by Crippen LogP contribution is -2.12. The molecule has 2 aromatic heterocycles. The van der Waals surface area contributed by atoms with Crippen LogP contribution in [0.15, 0.2) is 36.7 Å². The molecule has 1 N–H and O–H groups in total. The van der Waals surface area contributed by atoms with E-state index in [9.17, 15) is 4.79 Å². The van der Waals surface area contributed by atoms with Crippen molar-refractivity contribution in [1.82, 2.24) is 15.0 Å². The van der Waals surface area contributed by atoms with Crippen molar-refractivity contribution in [3.63, 3.8) is 0 Å². The molecule has 1 aromatic carbocycles. The summed E-state index contributed by atoms with van der Waals surface area (Å²) in [7, 11) is 0. The zero-order valence-corrected chi connectivity index (χ0v) is 15.2. The summed E-state index contributed by atoms with van der Waals surface area (Å²) in [5.41, 5.74) is 4.39. The normalized spacial score (nSPS) is 15.7. The van der Waals surface area contributed by atoms with Gasteiger partial charge in [-0.3, -0.25) is 4.79 Å². The molecule has 0 fully saturated rings. The Bertz CT molecular complexity index is 1040. The fourth-order valence-corrected chi connectivity index (χ4v) is 3.33. The van der Waals surface area contributed by atoms with Gasteiger partial charge in [0.25, 0.3) is 0 Å². The number of aromatic nitrogens is 3. The lowest BCUT2D eigenvalue weighted by atomic mass is 9.87. The van der Waals surface area contributed by atoms with Crippen LogP contribution >= 0.6 is 0 Å². The average molecular weight is 349 g/mol. The van der Waals surface area contributed by atoms with Crippen LogP contribution in [0, 0.1) is 5.41 Å². The summed E-state index contributed by atoms with van der Waals surface area (Å²) < 4.78 is 5.36. The number of nitrogens with zero attached hydrogens (tertiary/aromatic N) is 2. The second-order valence-corrected chi connectivity index (χ2v) is 7.27. The Hall–Kier alpha value is -2.95. The Morgan fingerprint density at radius 1 is 1.31 bits per heavy atom. The lowest BCUT2D eigenvalue weighted by molar-refractivity contribution is 0.0951. The predicted molar refractivity (Wildman–Crippen MR) is 104 cm³/mol. The number of nitrogens with one attached hydrogen (secondary N) is 1. The Balaban J connectivity index is 0.00000210. The molecule has 0 bridgehead atoms. The van der Waals surface area contributed by atoms with Gasteiger partial charge >= 0.3 is 6.01 Å². The summed E-state index contributed by atoms with van der Waals surface area (Å²) >= 11 is 0. The molecule has 0 spiro atoms. The molecule has 0 radical (unpaired) electrons. The third kappa shape index (κ3) is 2.90. The average Bonchev–Trinajstić information content (AvgIpc) is 2.98. The van der Waals surface area contributed by atoms with Gasteiger partial charge in [0.1, 0.15) is 5.65 Å². The highest BCUT2D eigenvalue weighted by atomic mass is 16.5. The summed E-state index contributed by atoms with van der Waals surface area (Å²) in [5.74, 6) is 0.185. The summed E-state index contributed by atoms with van der Waals surface area (Å²) in [6, 6.07) is 6.34. The van der Waals surface area contributed by atoms with Crippen molar-refractivity contribution in [3.8, 4) is 17.1 Å². The van der Waals surface area contributed by atoms with E-state index in [-0.39, 0.29) is 12.6 Å². The summed E-state index contributed by atoms with van der Waals surface area (Å²) in [5, 5.41) is 0.928. The van der Waals surface area contributed by atoms with Gasteiger partial charge in [0.2, 0.25) is 0 Å². The number of benzene rings is 1. The number of aromatic amines is 1. The SMILES string of the molecule is CCOc1ncc2c(-c3ccc4c(c3)C=CC(C)(C)CC4=O)c[nH]c2n1.[HH]. The van der Waals surface area contributed by atoms with Crippen LogP contribution in [0.3, 0.4) is 0 Å². The molecule has 26 heavy (non-hydrogen) atoms. The Morgan fingerprint density at radius 2 is 2.15 bits per heavy atom. The molecule has 0 aliphatic heterocycles. The minimum absolute atomic E-state index is 0. The molecule has 134 valence electrons. The number of fused-ring (bicyclic) bond motifs is 2. The highest BCUT2D eigenvalue weighted by Crippen LogP contribution is 2.34. The van der Waals surface area contributed by atoms with Gasteiger partial charge in [0.15, 0.2) is 5.78 Å². The molecule has 4 rings (SSSR count). The van der Waals surface area contributed by atoms with Crippen molar-refractivity contribution in [2.75, 3.05) is 6.61 Å². The zero-order chi connectivity index (χ0) is 18.3. The van der Waals surface area contributed by atoms with Gasteiger partial charge in [0, 0.05) is 36.8 Å². The molecule has 0 saturated heterocycles. The zero-order valence-electron chi connectivity index (χ0n) is 15.2. The number of carbonyl (C=O) groups excluding carboxylic acids is 1. The minimum atomic E-state index is -0.124. The first-order chi connectivity index (χ1) is 12.5. The Kier molecular flexibility index (Phi) is 3.87. The van der Waals surface area contributed by atoms with Crippen LogP contribution in [-0.4, -0.2) is 27.3 Å². The van der Waals surface area contributed by atoms with Crippen molar-refractivity contribution < 1.29 is 11.0 Å². The molecule has 0 unspecified atom stereocenters. The second-order valence-electron chi connectivity index (χ2n) is 7.27. The molecule has 0 atom stereocenters. The van der Waals surface area contributed by atoms with Gasteiger partial charge in [-0.05, 0) is 29.5 Å². The highest BCUT2D eigenvalue weighted by molar-refractivity contribution is 6.02. The molecular weight excluding hydrogens is 326 g/mol. The number of Topliss-reactive ketones (excluding diaryl/α,β-unsaturated/α-hetero) is 1. The molecule has 2 heterocycles. The van der Waals surface area contributed by atoms with E-state index in [1.54, 1.807) is 6.20 Å². The van der Waals surface area contributed by atoms with Gasteiger partial charge in [-0.25, -0.2) is 4.98 Å². The smallest absolute Gasteiger partial charge is 0.318 e. The van der Waals surface area contributed by atoms with E-state index in [4.69, 9.17) is 4.74 Å². The maximum Gasteiger partial charge on any atom is 0.318 e. The Morgan fingerprint density at radius 3 is 2.96 bits per heavy atom. The summed E-state index contributed by atoms with van der Waals surface area (Å²) in [6.45, 7) is 6.60. The van der Waals surface area contributed by atoms with E-state index in [0.29, 0.717) is 19.0 Å². The first-order valence-corrected chi connectivity index (χ1v) is 8.80. The largest absolute Gasteiger partial charge is 0.464 e. The Labute approximate surface area is 153 Å². The van der Waals surface area contributed by atoms with E-state index in [1.165, 1.54) is 0 Å². The van der Waals surface area contributed by atoms with Crippen LogP contribution in [0.5, 0.6) is 6.01 Å². The second kappa shape index (κ2) is 6.09. The number of ketones is 1. The van der Waals surface area contributed by atoms with Crippen LogP contribution in [0.1, 0.15) is 44.5 Å². The predicted octanol–water partition coefficient (Wildman–Crippen LogP) is 4.90. The van der Waals surface area contributed by atoms with Crippen LogP contribution < -0.4 is 4.74 Å². The van der Waals surface area contributed by atoms with Crippen molar-refractivity contribution in [3.05, 3.63) is 47.8 Å². The minimum Gasteiger partial charge on any atom is -0.464 e. The number of hydrogen-bond donors (Lipinski definition) is 1. The summed E-state index contributed by atoms with van der Waals surface area (Å²) in [6.07, 6.45) is 8.39. The molecule has 1 aliphatic rings. The highest BCUT2D eigenvalue weighted by Gasteiger charge is 2.24. The van der Waals surface area contributed by atoms with Crippen molar-refractivity contribution in [1.29, 1.82) is 0 Å². The number of ether oxygens (including phenoxy) is 1.